The number of hydrogen-bond donors (Lipinski definition) is 0. The summed E-state index contributed by atoms with van der Waals surface area (Å²) in [6, 6.07) is 24.9. The van der Waals surface area contributed by atoms with Gasteiger partial charge in [-0.3, -0.25) is 0 Å². The van der Waals surface area contributed by atoms with Crippen molar-refractivity contribution in [3.8, 4) is 11.5 Å². The average molecular weight is 691 g/mol. The summed E-state index contributed by atoms with van der Waals surface area (Å²) < 4.78 is 12.7. The molecule has 0 N–H and O–H groups in total. The van der Waals surface area contributed by atoms with Crippen molar-refractivity contribution in [1.29, 1.82) is 0 Å². The fourth-order valence-corrected chi connectivity index (χ4v) is 11.3. The fourth-order valence-electron chi connectivity index (χ4n) is 4.43. The topological polar surface area (TPSA) is 18.5 Å². The molecule has 6 heteroatoms. The maximum absolute atomic E-state index is 6.37. The first-order chi connectivity index (χ1) is 22.0. The van der Waals surface area contributed by atoms with E-state index in [1.54, 1.807) is 0 Å². The first-order valence-corrected chi connectivity index (χ1v) is 26.6. The quantitative estimate of drug-likeness (QED) is 0.0508. The summed E-state index contributed by atoms with van der Waals surface area (Å²) in [6.45, 7) is 20.5. The molecule has 3 rings (SSSR count). The largest absolute Gasteiger partial charge is 0.493 e. The van der Waals surface area contributed by atoms with E-state index < -0.39 is 16.1 Å². The Bertz CT molecular complexity index is 1260. The van der Waals surface area contributed by atoms with Gasteiger partial charge in [-0.2, -0.15) is 0 Å². The monoisotopic (exact) mass is 690 g/mol. The van der Waals surface area contributed by atoms with Crippen molar-refractivity contribution in [2.75, 3.05) is 24.7 Å². The van der Waals surface area contributed by atoms with Crippen molar-refractivity contribution in [3.63, 3.8) is 0 Å². The molecule has 3 aromatic rings. The van der Waals surface area contributed by atoms with Gasteiger partial charge in [0.1, 0.15) is 11.5 Å². The lowest BCUT2D eigenvalue weighted by Crippen LogP contribution is -2.19. The molecule has 0 saturated heterocycles. The van der Waals surface area contributed by atoms with Gasteiger partial charge in [-0.1, -0.05) is 115 Å². The molecule has 0 amide bonds. The lowest BCUT2D eigenvalue weighted by atomic mass is 10.1. The Balaban J connectivity index is 1.82. The van der Waals surface area contributed by atoms with E-state index >= 15 is 0 Å². The van der Waals surface area contributed by atoms with Crippen LogP contribution in [0, 0.1) is 0 Å². The predicted octanol–water partition coefficient (Wildman–Crippen LogP) is 13.2. The second-order valence-corrected chi connectivity index (χ2v) is 28.0. The van der Waals surface area contributed by atoms with Gasteiger partial charge in [0.15, 0.2) is 0 Å². The van der Waals surface area contributed by atoms with Gasteiger partial charge < -0.3 is 9.47 Å². The molecule has 0 heterocycles. The summed E-state index contributed by atoms with van der Waals surface area (Å²) in [5.74, 6) is 4.21. The smallest absolute Gasteiger partial charge is 0.127 e. The van der Waals surface area contributed by atoms with E-state index in [1.165, 1.54) is 44.5 Å². The highest BCUT2D eigenvalue weighted by molar-refractivity contribution is 7.99. The van der Waals surface area contributed by atoms with Crippen LogP contribution in [0.25, 0.3) is 24.3 Å². The molecule has 250 valence electrons. The van der Waals surface area contributed by atoms with Crippen LogP contribution in [0.2, 0.25) is 51.4 Å². The summed E-state index contributed by atoms with van der Waals surface area (Å²) in [5.41, 5.74) is 4.48. The van der Waals surface area contributed by atoms with Gasteiger partial charge in [-0.15, -0.1) is 23.5 Å². The van der Waals surface area contributed by atoms with E-state index in [-0.39, 0.29) is 0 Å². The average Bonchev–Trinajstić information content (AvgIpc) is 3.00. The molecule has 0 aromatic heterocycles. The Kier molecular flexibility index (Phi) is 16.4. The third-order valence-corrected chi connectivity index (χ3v) is 13.8. The summed E-state index contributed by atoms with van der Waals surface area (Å²) in [6.07, 6.45) is 13.0. The second-order valence-electron chi connectivity index (χ2n) is 14.5. The molecular formula is C40H58O2S2Si2. The van der Waals surface area contributed by atoms with Gasteiger partial charge in [-0.25, -0.2) is 0 Å². The number of hydrogen-bond acceptors (Lipinski definition) is 4. The number of unbranched alkanes of at least 4 members (excludes halogenated alkanes) is 2. The SMILES string of the molecule is CCCCOc1cc(C=Cc2ccc(SCC[Si](C)(C)C)cc2)c(OCCCC)cc1C=Cc1ccc(SCC[Si](C)(C)C)cc1. The summed E-state index contributed by atoms with van der Waals surface area (Å²) in [7, 11) is -2.00. The van der Waals surface area contributed by atoms with Gasteiger partial charge >= 0.3 is 0 Å². The minimum Gasteiger partial charge on any atom is -0.493 e. The maximum atomic E-state index is 6.37. The number of rotatable bonds is 20. The van der Waals surface area contributed by atoms with Crippen molar-refractivity contribution in [2.45, 2.75) is 101 Å². The molecule has 46 heavy (non-hydrogen) atoms. The van der Waals surface area contributed by atoms with Crippen LogP contribution in [0.5, 0.6) is 11.5 Å². The standard InChI is InChI=1S/C40H58O2S2Si2/c1-9-11-25-41-39-31-36(20-14-34-17-23-38(24-18-34)44-28-30-46(6,7)8)40(42-26-12-10-2)32-35(39)19-13-33-15-21-37(22-16-33)43-27-29-45(3,4)5/h13-24,31-32H,9-12,25-30H2,1-8H3. The second kappa shape index (κ2) is 19.6. The molecule has 0 bridgehead atoms. The Morgan fingerprint density at radius 3 is 1.24 bits per heavy atom. The van der Waals surface area contributed by atoms with Crippen LogP contribution >= 0.6 is 23.5 Å². The third-order valence-electron chi connectivity index (χ3n) is 7.57. The molecule has 0 aliphatic rings. The number of thioether (sulfide) groups is 2. The minimum atomic E-state index is -1.00. The molecule has 0 fully saturated rings. The molecule has 0 spiro atoms. The molecular weight excluding hydrogens is 633 g/mol. The Morgan fingerprint density at radius 1 is 0.543 bits per heavy atom. The van der Waals surface area contributed by atoms with Crippen LogP contribution in [0.15, 0.2) is 70.5 Å². The van der Waals surface area contributed by atoms with E-state index in [1.807, 2.05) is 23.5 Å². The minimum absolute atomic E-state index is 0.705. The van der Waals surface area contributed by atoms with Crippen molar-refractivity contribution in [1.82, 2.24) is 0 Å². The van der Waals surface area contributed by atoms with Crippen molar-refractivity contribution in [3.05, 3.63) is 82.9 Å². The van der Waals surface area contributed by atoms with Crippen molar-refractivity contribution in [2.24, 2.45) is 0 Å². The predicted molar refractivity (Wildman–Crippen MR) is 216 cm³/mol. The first-order valence-electron chi connectivity index (χ1n) is 17.2. The van der Waals surface area contributed by atoms with Crippen LogP contribution in [-0.4, -0.2) is 40.9 Å². The van der Waals surface area contributed by atoms with E-state index in [0.717, 1.165) is 48.3 Å². The van der Waals surface area contributed by atoms with Gasteiger partial charge in [0.2, 0.25) is 0 Å². The van der Waals surface area contributed by atoms with E-state index in [2.05, 4.69) is 138 Å². The highest BCUT2D eigenvalue weighted by Crippen LogP contribution is 2.33. The molecule has 0 aliphatic heterocycles. The van der Waals surface area contributed by atoms with E-state index in [4.69, 9.17) is 9.47 Å². The Labute approximate surface area is 291 Å². The normalized spacial score (nSPS) is 12.3. The summed E-state index contributed by atoms with van der Waals surface area (Å²) in [5, 5.41) is 0. The van der Waals surface area contributed by atoms with Crippen LogP contribution < -0.4 is 9.47 Å². The molecule has 0 radical (unpaired) electrons. The van der Waals surface area contributed by atoms with Gasteiger partial charge in [-0.05, 0) is 84.0 Å². The molecule has 0 saturated carbocycles. The van der Waals surface area contributed by atoms with Crippen molar-refractivity contribution < 1.29 is 9.47 Å². The molecule has 0 aliphatic carbocycles. The molecule has 0 atom stereocenters. The fraction of sp³-hybridized carbons (Fsp3) is 0.450. The van der Waals surface area contributed by atoms with E-state index in [9.17, 15) is 0 Å². The maximum Gasteiger partial charge on any atom is 0.127 e. The zero-order valence-corrected chi connectivity index (χ0v) is 33.4. The van der Waals surface area contributed by atoms with Gasteiger partial charge in [0, 0.05) is 37.1 Å². The first kappa shape index (κ1) is 38.3. The lowest BCUT2D eigenvalue weighted by molar-refractivity contribution is 0.300. The molecule has 2 nitrogen and oxygen atoms in total. The van der Waals surface area contributed by atoms with Crippen LogP contribution in [0.1, 0.15) is 61.8 Å². The Hall–Kier alpha value is -2.13. The van der Waals surface area contributed by atoms with Crippen LogP contribution in [-0.2, 0) is 0 Å². The highest BCUT2D eigenvalue weighted by atomic mass is 32.2. The highest BCUT2D eigenvalue weighted by Gasteiger charge is 2.14. The zero-order valence-electron chi connectivity index (χ0n) is 29.8. The Morgan fingerprint density at radius 2 is 0.913 bits per heavy atom. The lowest BCUT2D eigenvalue weighted by Gasteiger charge is -2.15. The van der Waals surface area contributed by atoms with Gasteiger partial charge in [0.25, 0.3) is 0 Å². The zero-order chi connectivity index (χ0) is 33.4. The van der Waals surface area contributed by atoms with Crippen LogP contribution in [0.3, 0.4) is 0 Å². The summed E-state index contributed by atoms with van der Waals surface area (Å²) in [4.78, 5) is 2.69. The number of ether oxygens (including phenoxy) is 2. The van der Waals surface area contributed by atoms with Crippen molar-refractivity contribution >= 4 is 64.0 Å². The van der Waals surface area contributed by atoms with E-state index in [0.29, 0.717) is 13.2 Å². The number of benzene rings is 3. The molecule has 0 unspecified atom stereocenters. The summed E-state index contributed by atoms with van der Waals surface area (Å²) >= 11 is 3.94. The third kappa shape index (κ3) is 15.2. The van der Waals surface area contributed by atoms with Crippen LogP contribution in [0.4, 0.5) is 0 Å². The molecule has 3 aromatic carbocycles. The van der Waals surface area contributed by atoms with Gasteiger partial charge in [0.05, 0.1) is 13.2 Å².